The molecule has 102 valence electrons. The second-order valence-electron chi connectivity index (χ2n) is 5.16. The van der Waals surface area contributed by atoms with Crippen LogP contribution >= 0.6 is 0 Å². The lowest BCUT2D eigenvalue weighted by Crippen LogP contribution is -2.01. The normalized spacial score (nSPS) is 11.4. The SMILES string of the molecule is CC(C)c1cc(C(=O)O)c2[nH]cc(CCCN)c2c1. The summed E-state index contributed by atoms with van der Waals surface area (Å²) < 4.78 is 0. The van der Waals surface area contributed by atoms with Crippen molar-refractivity contribution in [2.45, 2.75) is 32.6 Å². The van der Waals surface area contributed by atoms with Gasteiger partial charge in [0.25, 0.3) is 0 Å². The monoisotopic (exact) mass is 260 g/mol. The number of H-pyrrole nitrogens is 1. The van der Waals surface area contributed by atoms with Crippen molar-refractivity contribution >= 4 is 16.9 Å². The average Bonchev–Trinajstić information content (AvgIpc) is 2.77. The predicted octanol–water partition coefficient (Wildman–Crippen LogP) is 2.88. The number of hydrogen-bond donors (Lipinski definition) is 3. The molecule has 0 saturated carbocycles. The number of carboxylic acids is 1. The van der Waals surface area contributed by atoms with Crippen LogP contribution in [-0.2, 0) is 6.42 Å². The minimum absolute atomic E-state index is 0.305. The van der Waals surface area contributed by atoms with Crippen LogP contribution in [0.4, 0.5) is 0 Å². The van der Waals surface area contributed by atoms with Crippen LogP contribution in [0.5, 0.6) is 0 Å². The van der Waals surface area contributed by atoms with Crippen molar-refractivity contribution < 1.29 is 9.90 Å². The number of carboxylic acid groups (broad SMARTS) is 1. The molecule has 0 fully saturated rings. The fourth-order valence-corrected chi connectivity index (χ4v) is 2.31. The number of fused-ring (bicyclic) bond motifs is 1. The van der Waals surface area contributed by atoms with Crippen LogP contribution in [0.15, 0.2) is 18.3 Å². The van der Waals surface area contributed by atoms with Crippen LogP contribution in [0.2, 0.25) is 0 Å². The molecule has 0 bridgehead atoms. The molecule has 0 saturated heterocycles. The van der Waals surface area contributed by atoms with Crippen molar-refractivity contribution in [3.05, 3.63) is 35.0 Å². The molecule has 4 heteroatoms. The number of carbonyl (C=O) groups is 1. The summed E-state index contributed by atoms with van der Waals surface area (Å²) in [4.78, 5) is 14.5. The number of aromatic nitrogens is 1. The number of nitrogens with one attached hydrogen (secondary N) is 1. The molecule has 0 amide bonds. The highest BCUT2D eigenvalue weighted by atomic mass is 16.4. The Labute approximate surface area is 112 Å². The average molecular weight is 260 g/mol. The predicted molar refractivity (Wildman–Crippen MR) is 76.7 cm³/mol. The van der Waals surface area contributed by atoms with Gasteiger partial charge in [-0.25, -0.2) is 4.79 Å². The summed E-state index contributed by atoms with van der Waals surface area (Å²) in [5.41, 5.74) is 8.80. The molecule has 1 aromatic heterocycles. The van der Waals surface area contributed by atoms with Crippen molar-refractivity contribution in [3.8, 4) is 0 Å². The maximum absolute atomic E-state index is 11.4. The quantitative estimate of drug-likeness (QED) is 0.773. The van der Waals surface area contributed by atoms with Gasteiger partial charge in [-0.1, -0.05) is 13.8 Å². The Bertz CT molecular complexity index is 599. The second kappa shape index (κ2) is 5.45. The van der Waals surface area contributed by atoms with Crippen LogP contribution in [0.3, 0.4) is 0 Å². The lowest BCUT2D eigenvalue weighted by atomic mass is 9.96. The zero-order chi connectivity index (χ0) is 14.0. The van der Waals surface area contributed by atoms with Crippen LogP contribution in [0.25, 0.3) is 10.9 Å². The Kier molecular flexibility index (Phi) is 3.90. The molecule has 0 aliphatic carbocycles. The third kappa shape index (κ3) is 2.63. The molecule has 0 radical (unpaired) electrons. The molecule has 0 atom stereocenters. The Morgan fingerprint density at radius 3 is 2.74 bits per heavy atom. The van der Waals surface area contributed by atoms with Crippen molar-refractivity contribution in [2.24, 2.45) is 5.73 Å². The topological polar surface area (TPSA) is 79.1 Å². The van der Waals surface area contributed by atoms with E-state index in [4.69, 9.17) is 5.73 Å². The number of aryl methyl sites for hydroxylation is 1. The first-order valence-electron chi connectivity index (χ1n) is 6.61. The van der Waals surface area contributed by atoms with Gasteiger partial charge in [0.15, 0.2) is 0 Å². The minimum Gasteiger partial charge on any atom is -0.478 e. The third-order valence-electron chi connectivity index (χ3n) is 3.44. The molecule has 1 heterocycles. The van der Waals surface area contributed by atoms with Crippen LogP contribution in [0.1, 0.15) is 47.7 Å². The van der Waals surface area contributed by atoms with E-state index in [2.05, 4.69) is 24.9 Å². The van der Waals surface area contributed by atoms with Gasteiger partial charge in [-0.15, -0.1) is 0 Å². The van der Waals surface area contributed by atoms with Gasteiger partial charge in [-0.2, -0.15) is 0 Å². The molecule has 0 unspecified atom stereocenters. The first-order chi connectivity index (χ1) is 9.04. The Balaban J connectivity index is 2.60. The molecule has 1 aromatic carbocycles. The molecule has 4 nitrogen and oxygen atoms in total. The number of benzene rings is 1. The Hall–Kier alpha value is -1.81. The van der Waals surface area contributed by atoms with E-state index < -0.39 is 5.97 Å². The maximum Gasteiger partial charge on any atom is 0.337 e. The number of hydrogen-bond acceptors (Lipinski definition) is 2. The summed E-state index contributed by atoms with van der Waals surface area (Å²) >= 11 is 0. The first-order valence-corrected chi connectivity index (χ1v) is 6.61. The van der Waals surface area contributed by atoms with Crippen molar-refractivity contribution in [3.63, 3.8) is 0 Å². The van der Waals surface area contributed by atoms with E-state index in [1.807, 2.05) is 6.20 Å². The first kappa shape index (κ1) is 13.6. The Morgan fingerprint density at radius 1 is 1.42 bits per heavy atom. The van der Waals surface area contributed by atoms with Gasteiger partial charge in [0, 0.05) is 11.6 Å². The van der Waals surface area contributed by atoms with Gasteiger partial charge in [-0.05, 0) is 48.6 Å². The maximum atomic E-state index is 11.4. The number of rotatable bonds is 5. The third-order valence-corrected chi connectivity index (χ3v) is 3.44. The Morgan fingerprint density at radius 2 is 2.16 bits per heavy atom. The van der Waals surface area contributed by atoms with Gasteiger partial charge in [0.05, 0.1) is 11.1 Å². The van der Waals surface area contributed by atoms with E-state index in [-0.39, 0.29) is 0 Å². The lowest BCUT2D eigenvalue weighted by Gasteiger charge is -2.09. The van der Waals surface area contributed by atoms with Gasteiger partial charge < -0.3 is 15.8 Å². The van der Waals surface area contributed by atoms with E-state index in [0.717, 1.165) is 29.4 Å². The van der Waals surface area contributed by atoms with E-state index in [1.54, 1.807) is 6.07 Å². The molecule has 0 aliphatic heterocycles. The van der Waals surface area contributed by atoms with Crippen molar-refractivity contribution in [2.75, 3.05) is 6.54 Å². The van der Waals surface area contributed by atoms with Crippen LogP contribution in [-0.4, -0.2) is 22.6 Å². The standard InChI is InChI=1S/C15H20N2O2/c1-9(2)11-6-12-10(4-3-5-16)8-17-14(12)13(7-11)15(18)19/h6-9,17H,3-5,16H2,1-2H3,(H,18,19). The zero-order valence-electron chi connectivity index (χ0n) is 11.4. The van der Waals surface area contributed by atoms with E-state index >= 15 is 0 Å². The second-order valence-corrected chi connectivity index (χ2v) is 5.16. The fourth-order valence-electron chi connectivity index (χ4n) is 2.31. The van der Waals surface area contributed by atoms with E-state index in [0.29, 0.717) is 23.5 Å². The highest BCUT2D eigenvalue weighted by Gasteiger charge is 2.15. The molecule has 2 rings (SSSR count). The van der Waals surface area contributed by atoms with Gasteiger partial charge in [0.1, 0.15) is 0 Å². The summed E-state index contributed by atoms with van der Waals surface area (Å²) in [6.07, 6.45) is 3.68. The summed E-state index contributed by atoms with van der Waals surface area (Å²) in [5.74, 6) is -0.584. The number of nitrogens with two attached hydrogens (primary N) is 1. The van der Waals surface area contributed by atoms with Crippen molar-refractivity contribution in [1.82, 2.24) is 4.98 Å². The largest absolute Gasteiger partial charge is 0.478 e. The molecule has 19 heavy (non-hydrogen) atoms. The molecule has 2 aromatic rings. The summed E-state index contributed by atoms with van der Waals surface area (Å²) in [5, 5.41) is 10.3. The summed E-state index contributed by atoms with van der Waals surface area (Å²) in [6, 6.07) is 3.85. The lowest BCUT2D eigenvalue weighted by molar-refractivity contribution is 0.0698. The fraction of sp³-hybridized carbons (Fsp3) is 0.400. The van der Waals surface area contributed by atoms with E-state index in [1.165, 1.54) is 0 Å². The smallest absolute Gasteiger partial charge is 0.337 e. The molecule has 4 N–H and O–H groups in total. The highest BCUT2D eigenvalue weighted by Crippen LogP contribution is 2.28. The molecular formula is C15H20N2O2. The van der Waals surface area contributed by atoms with Crippen LogP contribution < -0.4 is 5.73 Å². The molecular weight excluding hydrogens is 240 g/mol. The van der Waals surface area contributed by atoms with Crippen molar-refractivity contribution in [1.29, 1.82) is 0 Å². The van der Waals surface area contributed by atoms with Gasteiger partial charge in [-0.3, -0.25) is 0 Å². The zero-order valence-corrected chi connectivity index (χ0v) is 11.4. The number of aromatic amines is 1. The molecule has 0 aliphatic rings. The summed E-state index contributed by atoms with van der Waals surface area (Å²) in [7, 11) is 0. The van der Waals surface area contributed by atoms with Gasteiger partial charge in [0.2, 0.25) is 0 Å². The molecule has 0 spiro atoms. The van der Waals surface area contributed by atoms with Crippen LogP contribution in [0, 0.1) is 0 Å². The van der Waals surface area contributed by atoms with E-state index in [9.17, 15) is 9.90 Å². The van der Waals surface area contributed by atoms with Gasteiger partial charge >= 0.3 is 5.97 Å². The number of aromatic carboxylic acids is 1. The highest BCUT2D eigenvalue weighted by molar-refractivity contribution is 6.03. The minimum atomic E-state index is -0.889. The summed E-state index contributed by atoms with van der Waals surface area (Å²) in [6.45, 7) is 4.78.